The Labute approximate surface area is 84.5 Å². The Bertz CT molecular complexity index is 198. The minimum atomic E-state index is -0.758. The van der Waals surface area contributed by atoms with Crippen LogP contribution in [0.25, 0.3) is 0 Å². The number of hydrogen-bond acceptors (Lipinski definition) is 4. The van der Waals surface area contributed by atoms with E-state index in [9.17, 15) is 4.79 Å². The lowest BCUT2D eigenvalue weighted by Gasteiger charge is -2.30. The molecule has 0 aromatic heterocycles. The number of carbonyl (C=O) groups excluding carboxylic acids is 1. The maximum absolute atomic E-state index is 11.6. The van der Waals surface area contributed by atoms with E-state index in [0.717, 1.165) is 19.3 Å². The van der Waals surface area contributed by atoms with Gasteiger partial charge in [0.05, 0.1) is 6.61 Å². The van der Waals surface area contributed by atoms with Crippen molar-refractivity contribution < 1.29 is 19.0 Å². The molecule has 1 atom stereocenters. The zero-order valence-electron chi connectivity index (χ0n) is 9.04. The molecule has 0 amide bonds. The van der Waals surface area contributed by atoms with Gasteiger partial charge in [0, 0.05) is 20.6 Å². The summed E-state index contributed by atoms with van der Waals surface area (Å²) in [6.07, 6.45) is 2.47. The van der Waals surface area contributed by atoms with Crippen LogP contribution in [0.2, 0.25) is 0 Å². The van der Waals surface area contributed by atoms with Crippen LogP contribution in [0.15, 0.2) is 0 Å². The van der Waals surface area contributed by atoms with Gasteiger partial charge in [0.1, 0.15) is 5.92 Å². The zero-order chi connectivity index (χ0) is 10.6. The summed E-state index contributed by atoms with van der Waals surface area (Å²) in [5.41, 5.74) is 0. The average molecular weight is 202 g/mol. The number of ether oxygens (including phenoxy) is 3. The number of methoxy groups -OCH3 is 2. The molecule has 0 heterocycles. The van der Waals surface area contributed by atoms with E-state index in [2.05, 4.69) is 0 Å². The molecular weight excluding hydrogens is 184 g/mol. The molecule has 1 fully saturated rings. The molecule has 1 aliphatic carbocycles. The van der Waals surface area contributed by atoms with Crippen molar-refractivity contribution in [2.24, 2.45) is 5.92 Å². The molecule has 0 N–H and O–H groups in total. The van der Waals surface area contributed by atoms with Crippen molar-refractivity contribution in [3.05, 3.63) is 0 Å². The summed E-state index contributed by atoms with van der Waals surface area (Å²) < 4.78 is 15.6. The highest BCUT2D eigenvalue weighted by Crippen LogP contribution is 2.39. The van der Waals surface area contributed by atoms with E-state index in [4.69, 9.17) is 14.2 Å². The Morgan fingerprint density at radius 1 is 1.43 bits per heavy atom. The zero-order valence-corrected chi connectivity index (χ0v) is 9.04. The van der Waals surface area contributed by atoms with Crippen molar-refractivity contribution >= 4 is 5.97 Å². The number of esters is 1. The van der Waals surface area contributed by atoms with Crippen LogP contribution in [-0.4, -0.2) is 32.6 Å². The molecular formula is C10H18O4. The lowest BCUT2D eigenvalue weighted by molar-refractivity contribution is -0.232. The van der Waals surface area contributed by atoms with Crippen molar-refractivity contribution in [3.63, 3.8) is 0 Å². The van der Waals surface area contributed by atoms with Crippen LogP contribution in [0, 0.1) is 5.92 Å². The van der Waals surface area contributed by atoms with Gasteiger partial charge in [-0.15, -0.1) is 0 Å². The SMILES string of the molecule is CCOC(=O)[C@@H]1CCCC1(OC)OC. The summed E-state index contributed by atoms with van der Waals surface area (Å²) in [6.45, 7) is 2.20. The summed E-state index contributed by atoms with van der Waals surface area (Å²) in [6, 6.07) is 0. The fraction of sp³-hybridized carbons (Fsp3) is 0.900. The topological polar surface area (TPSA) is 44.8 Å². The Morgan fingerprint density at radius 2 is 2.07 bits per heavy atom. The van der Waals surface area contributed by atoms with Gasteiger partial charge < -0.3 is 14.2 Å². The molecule has 0 unspecified atom stereocenters. The monoisotopic (exact) mass is 202 g/mol. The quantitative estimate of drug-likeness (QED) is 0.509. The first-order valence-electron chi connectivity index (χ1n) is 4.97. The molecule has 0 aromatic carbocycles. The van der Waals surface area contributed by atoms with Crippen LogP contribution < -0.4 is 0 Å². The van der Waals surface area contributed by atoms with E-state index in [1.165, 1.54) is 0 Å². The summed E-state index contributed by atoms with van der Waals surface area (Å²) in [7, 11) is 3.14. The number of hydrogen-bond donors (Lipinski definition) is 0. The second kappa shape index (κ2) is 4.75. The molecule has 82 valence electrons. The average Bonchev–Trinajstić information content (AvgIpc) is 2.62. The van der Waals surface area contributed by atoms with Crippen LogP contribution in [0.1, 0.15) is 26.2 Å². The molecule has 0 radical (unpaired) electrons. The van der Waals surface area contributed by atoms with E-state index in [0.29, 0.717) is 6.61 Å². The van der Waals surface area contributed by atoms with Gasteiger partial charge in [-0.1, -0.05) is 0 Å². The van der Waals surface area contributed by atoms with Crippen LogP contribution in [0.3, 0.4) is 0 Å². The first-order valence-corrected chi connectivity index (χ1v) is 4.97. The number of rotatable bonds is 4. The van der Waals surface area contributed by atoms with Gasteiger partial charge in [-0.25, -0.2) is 0 Å². The van der Waals surface area contributed by atoms with Gasteiger partial charge in [0.25, 0.3) is 0 Å². The standard InChI is InChI=1S/C10H18O4/c1-4-14-9(11)8-6-5-7-10(8,12-2)13-3/h8H,4-7H2,1-3H3/t8-/m0/s1. The molecule has 1 aliphatic rings. The largest absolute Gasteiger partial charge is 0.466 e. The van der Waals surface area contributed by atoms with Crippen molar-refractivity contribution in [1.82, 2.24) is 0 Å². The third kappa shape index (κ3) is 1.91. The summed E-state index contributed by atoms with van der Waals surface area (Å²) in [5.74, 6) is -1.25. The first kappa shape index (κ1) is 11.5. The predicted octanol–water partition coefficient (Wildman–Crippen LogP) is 1.34. The van der Waals surface area contributed by atoms with E-state index < -0.39 is 5.79 Å². The minimum absolute atomic E-state index is 0.214. The molecule has 0 spiro atoms. The third-order valence-corrected chi connectivity index (χ3v) is 2.81. The lowest BCUT2D eigenvalue weighted by atomic mass is 10.0. The molecule has 14 heavy (non-hydrogen) atoms. The fourth-order valence-corrected chi connectivity index (χ4v) is 2.06. The van der Waals surface area contributed by atoms with E-state index >= 15 is 0 Å². The molecule has 4 nitrogen and oxygen atoms in total. The fourth-order valence-electron chi connectivity index (χ4n) is 2.06. The first-order chi connectivity index (χ1) is 6.70. The second-order valence-corrected chi connectivity index (χ2v) is 3.42. The number of carbonyl (C=O) groups is 1. The molecule has 0 aromatic rings. The molecule has 0 aliphatic heterocycles. The van der Waals surface area contributed by atoms with Crippen LogP contribution in [-0.2, 0) is 19.0 Å². The summed E-state index contributed by atoms with van der Waals surface area (Å²) in [4.78, 5) is 11.6. The van der Waals surface area contributed by atoms with Crippen LogP contribution >= 0.6 is 0 Å². The minimum Gasteiger partial charge on any atom is -0.466 e. The van der Waals surface area contributed by atoms with E-state index in [1.54, 1.807) is 21.1 Å². The van der Waals surface area contributed by atoms with Crippen LogP contribution in [0.5, 0.6) is 0 Å². The van der Waals surface area contributed by atoms with Crippen molar-refractivity contribution in [2.45, 2.75) is 32.0 Å². The highest BCUT2D eigenvalue weighted by molar-refractivity contribution is 5.74. The molecule has 4 heteroatoms. The smallest absolute Gasteiger partial charge is 0.314 e. The molecule has 1 saturated carbocycles. The van der Waals surface area contributed by atoms with E-state index in [-0.39, 0.29) is 11.9 Å². The summed E-state index contributed by atoms with van der Waals surface area (Å²) >= 11 is 0. The van der Waals surface area contributed by atoms with Crippen molar-refractivity contribution in [2.75, 3.05) is 20.8 Å². The molecule has 0 saturated heterocycles. The molecule has 1 rings (SSSR count). The van der Waals surface area contributed by atoms with Gasteiger partial charge in [0.2, 0.25) is 0 Å². The van der Waals surface area contributed by atoms with Crippen molar-refractivity contribution in [3.8, 4) is 0 Å². The predicted molar refractivity (Wildman–Crippen MR) is 50.7 cm³/mol. The molecule has 0 bridgehead atoms. The van der Waals surface area contributed by atoms with Gasteiger partial charge in [0.15, 0.2) is 5.79 Å². The second-order valence-electron chi connectivity index (χ2n) is 3.42. The van der Waals surface area contributed by atoms with Gasteiger partial charge in [-0.05, 0) is 19.8 Å². The Balaban J connectivity index is 2.71. The van der Waals surface area contributed by atoms with Crippen LogP contribution in [0.4, 0.5) is 0 Å². The Hall–Kier alpha value is -0.610. The van der Waals surface area contributed by atoms with E-state index in [1.807, 2.05) is 0 Å². The summed E-state index contributed by atoms with van der Waals surface area (Å²) in [5, 5.41) is 0. The Morgan fingerprint density at radius 3 is 2.57 bits per heavy atom. The normalized spacial score (nSPS) is 24.9. The van der Waals surface area contributed by atoms with Crippen molar-refractivity contribution in [1.29, 1.82) is 0 Å². The highest BCUT2D eigenvalue weighted by Gasteiger charge is 2.48. The van der Waals surface area contributed by atoms with Gasteiger partial charge in [-0.2, -0.15) is 0 Å². The maximum atomic E-state index is 11.6. The Kier molecular flexibility index (Phi) is 3.89. The maximum Gasteiger partial charge on any atom is 0.314 e. The van der Waals surface area contributed by atoms with Gasteiger partial charge >= 0.3 is 5.97 Å². The lowest BCUT2D eigenvalue weighted by Crippen LogP contribution is -2.42. The third-order valence-electron chi connectivity index (χ3n) is 2.81. The highest BCUT2D eigenvalue weighted by atomic mass is 16.7. The van der Waals surface area contributed by atoms with Gasteiger partial charge in [-0.3, -0.25) is 4.79 Å².